The molecule has 4 heteroatoms. The number of nitrogens with one attached hydrogen (secondary N) is 1. The first kappa shape index (κ1) is 17.5. The third-order valence-corrected chi connectivity index (χ3v) is 3.84. The highest BCUT2D eigenvalue weighted by Gasteiger charge is 2.09. The van der Waals surface area contributed by atoms with E-state index in [4.69, 9.17) is 4.74 Å². The maximum atomic E-state index is 5.45. The van der Waals surface area contributed by atoms with E-state index in [9.17, 15) is 0 Å². The normalized spacial score (nSPS) is 10.8. The van der Waals surface area contributed by atoms with Crippen LogP contribution in [0.3, 0.4) is 0 Å². The molecule has 114 valence electrons. The molecule has 1 rings (SSSR count). The molecule has 0 aliphatic rings. The number of nitrogens with zero attached hydrogens (tertiary/aromatic N) is 1. The van der Waals surface area contributed by atoms with Gasteiger partial charge in [0.15, 0.2) is 0 Å². The average Bonchev–Trinajstić information content (AvgIpc) is 2.45. The van der Waals surface area contributed by atoms with Crippen molar-refractivity contribution in [3.05, 3.63) is 28.2 Å². The Bertz CT molecular complexity index is 385. The van der Waals surface area contributed by atoms with E-state index in [1.165, 1.54) is 17.7 Å². The molecule has 0 saturated carbocycles. The van der Waals surface area contributed by atoms with Crippen molar-refractivity contribution in [1.29, 1.82) is 0 Å². The Morgan fingerprint density at radius 2 is 2.05 bits per heavy atom. The van der Waals surface area contributed by atoms with Gasteiger partial charge in [0, 0.05) is 30.7 Å². The summed E-state index contributed by atoms with van der Waals surface area (Å²) in [5.74, 6) is 0. The third kappa shape index (κ3) is 5.81. The highest BCUT2D eigenvalue weighted by molar-refractivity contribution is 9.10. The van der Waals surface area contributed by atoms with Crippen molar-refractivity contribution >= 4 is 21.6 Å². The number of anilines is 1. The zero-order chi connectivity index (χ0) is 14.8. The van der Waals surface area contributed by atoms with Gasteiger partial charge < -0.3 is 15.0 Å². The standard InChI is InChI=1S/C16H27BrN2O/c1-4-9-18-13-14-7-8-16(15(17)12-14)19(5-2)10-11-20-6-3/h7-8,12,18H,4-6,9-11,13H2,1-3H3. The lowest BCUT2D eigenvalue weighted by molar-refractivity contribution is 0.154. The van der Waals surface area contributed by atoms with E-state index >= 15 is 0 Å². The summed E-state index contributed by atoms with van der Waals surface area (Å²) in [6.45, 7) is 11.8. The van der Waals surface area contributed by atoms with Crippen molar-refractivity contribution in [1.82, 2.24) is 5.32 Å². The van der Waals surface area contributed by atoms with E-state index in [0.29, 0.717) is 0 Å². The quantitative estimate of drug-likeness (QED) is 0.654. The summed E-state index contributed by atoms with van der Waals surface area (Å²) in [6.07, 6.45) is 1.17. The predicted octanol–water partition coefficient (Wildman–Crippen LogP) is 3.81. The van der Waals surface area contributed by atoms with Gasteiger partial charge in [-0.25, -0.2) is 0 Å². The van der Waals surface area contributed by atoms with Crippen molar-refractivity contribution in [2.45, 2.75) is 33.7 Å². The number of benzene rings is 1. The first-order valence-corrected chi connectivity index (χ1v) is 8.34. The fourth-order valence-electron chi connectivity index (χ4n) is 2.09. The van der Waals surface area contributed by atoms with Gasteiger partial charge in [-0.1, -0.05) is 13.0 Å². The summed E-state index contributed by atoms with van der Waals surface area (Å²) in [7, 11) is 0. The van der Waals surface area contributed by atoms with E-state index < -0.39 is 0 Å². The van der Waals surface area contributed by atoms with E-state index in [-0.39, 0.29) is 0 Å². The van der Waals surface area contributed by atoms with Gasteiger partial charge in [-0.2, -0.15) is 0 Å². The maximum Gasteiger partial charge on any atom is 0.0641 e. The van der Waals surface area contributed by atoms with Gasteiger partial charge in [0.25, 0.3) is 0 Å². The van der Waals surface area contributed by atoms with Crippen LogP contribution in [0.4, 0.5) is 5.69 Å². The van der Waals surface area contributed by atoms with Crippen molar-refractivity contribution in [3.8, 4) is 0 Å². The molecule has 3 nitrogen and oxygen atoms in total. The summed E-state index contributed by atoms with van der Waals surface area (Å²) < 4.78 is 6.61. The predicted molar refractivity (Wildman–Crippen MR) is 90.5 cm³/mol. The molecule has 0 aromatic heterocycles. The van der Waals surface area contributed by atoms with Crippen LogP contribution in [-0.2, 0) is 11.3 Å². The fraction of sp³-hybridized carbons (Fsp3) is 0.625. The molecule has 0 aliphatic heterocycles. The molecule has 0 amide bonds. The second-order valence-corrected chi connectivity index (χ2v) is 5.59. The lowest BCUT2D eigenvalue weighted by Gasteiger charge is -2.24. The van der Waals surface area contributed by atoms with Gasteiger partial charge >= 0.3 is 0 Å². The van der Waals surface area contributed by atoms with Gasteiger partial charge in [0.1, 0.15) is 0 Å². The molecule has 1 aromatic carbocycles. The van der Waals surface area contributed by atoms with Crippen LogP contribution in [0, 0.1) is 0 Å². The number of hydrogen-bond donors (Lipinski definition) is 1. The summed E-state index contributed by atoms with van der Waals surface area (Å²) in [4.78, 5) is 2.34. The Hall–Kier alpha value is -0.580. The van der Waals surface area contributed by atoms with Crippen molar-refractivity contribution in [2.75, 3.05) is 37.7 Å². The number of hydrogen-bond acceptors (Lipinski definition) is 3. The summed E-state index contributed by atoms with van der Waals surface area (Å²) >= 11 is 3.70. The van der Waals surface area contributed by atoms with Gasteiger partial charge in [-0.3, -0.25) is 0 Å². The molecule has 0 aliphatic carbocycles. The van der Waals surface area contributed by atoms with Crippen LogP contribution in [0.5, 0.6) is 0 Å². The van der Waals surface area contributed by atoms with Gasteiger partial charge in [0.05, 0.1) is 12.3 Å². The van der Waals surface area contributed by atoms with Crippen LogP contribution >= 0.6 is 15.9 Å². The molecule has 1 aromatic rings. The van der Waals surface area contributed by atoms with Crippen LogP contribution < -0.4 is 10.2 Å². The molecular weight excluding hydrogens is 316 g/mol. The van der Waals surface area contributed by atoms with Gasteiger partial charge in [0.2, 0.25) is 0 Å². The third-order valence-electron chi connectivity index (χ3n) is 3.20. The van der Waals surface area contributed by atoms with Crippen molar-refractivity contribution < 1.29 is 4.74 Å². The lowest BCUT2D eigenvalue weighted by atomic mass is 10.2. The minimum Gasteiger partial charge on any atom is -0.380 e. The largest absolute Gasteiger partial charge is 0.380 e. The summed E-state index contributed by atoms with van der Waals surface area (Å²) in [5, 5.41) is 3.43. The van der Waals surface area contributed by atoms with Crippen LogP contribution in [0.25, 0.3) is 0 Å². The highest BCUT2D eigenvalue weighted by atomic mass is 79.9. The topological polar surface area (TPSA) is 24.5 Å². The SMILES string of the molecule is CCCNCc1ccc(N(CC)CCOCC)c(Br)c1. The minimum absolute atomic E-state index is 0.774. The van der Waals surface area contributed by atoms with Crippen molar-refractivity contribution in [2.24, 2.45) is 0 Å². The molecule has 0 radical (unpaired) electrons. The molecule has 0 heterocycles. The molecular formula is C16H27BrN2O. The molecule has 0 spiro atoms. The Morgan fingerprint density at radius 3 is 2.65 bits per heavy atom. The van der Waals surface area contributed by atoms with Crippen LogP contribution in [-0.4, -0.2) is 32.8 Å². The Kier molecular flexibility index (Phi) is 8.90. The van der Waals surface area contributed by atoms with E-state index in [1.54, 1.807) is 0 Å². The Morgan fingerprint density at radius 1 is 1.25 bits per heavy atom. The van der Waals surface area contributed by atoms with E-state index in [0.717, 1.165) is 43.9 Å². The summed E-state index contributed by atoms with van der Waals surface area (Å²) in [5.41, 5.74) is 2.56. The molecule has 0 atom stereocenters. The molecule has 0 fully saturated rings. The highest BCUT2D eigenvalue weighted by Crippen LogP contribution is 2.27. The average molecular weight is 343 g/mol. The maximum absolute atomic E-state index is 5.45. The second-order valence-electron chi connectivity index (χ2n) is 4.74. The molecule has 20 heavy (non-hydrogen) atoms. The lowest BCUT2D eigenvalue weighted by Crippen LogP contribution is -2.27. The van der Waals surface area contributed by atoms with Gasteiger partial charge in [-0.05, 0) is 60.4 Å². The first-order valence-electron chi connectivity index (χ1n) is 7.54. The number of rotatable bonds is 10. The molecule has 0 saturated heterocycles. The molecule has 0 bridgehead atoms. The van der Waals surface area contributed by atoms with Crippen molar-refractivity contribution in [3.63, 3.8) is 0 Å². The fourth-order valence-corrected chi connectivity index (χ4v) is 2.77. The first-order chi connectivity index (χ1) is 9.72. The van der Waals surface area contributed by atoms with Crippen LogP contribution in [0.2, 0.25) is 0 Å². The monoisotopic (exact) mass is 342 g/mol. The van der Waals surface area contributed by atoms with Crippen LogP contribution in [0.1, 0.15) is 32.8 Å². The number of likely N-dealkylation sites (N-methyl/N-ethyl adjacent to an activating group) is 1. The summed E-state index contributed by atoms with van der Waals surface area (Å²) in [6, 6.07) is 6.61. The van der Waals surface area contributed by atoms with E-state index in [1.807, 2.05) is 6.92 Å². The minimum atomic E-state index is 0.774. The van der Waals surface area contributed by atoms with E-state index in [2.05, 4.69) is 58.2 Å². The Labute approximate surface area is 131 Å². The zero-order valence-electron chi connectivity index (χ0n) is 12.9. The van der Waals surface area contributed by atoms with Gasteiger partial charge in [-0.15, -0.1) is 0 Å². The molecule has 0 unspecified atom stereocenters. The van der Waals surface area contributed by atoms with Crippen LogP contribution in [0.15, 0.2) is 22.7 Å². The molecule has 1 N–H and O–H groups in total. The number of ether oxygens (including phenoxy) is 1. The number of halogens is 1. The Balaban J connectivity index is 2.64. The smallest absolute Gasteiger partial charge is 0.0641 e. The second kappa shape index (κ2) is 10.2. The zero-order valence-corrected chi connectivity index (χ0v) is 14.5.